The van der Waals surface area contributed by atoms with E-state index in [9.17, 15) is 9.59 Å². The van der Waals surface area contributed by atoms with Crippen LogP contribution in [0, 0.1) is 6.92 Å². The molecule has 8 heteroatoms. The highest BCUT2D eigenvalue weighted by Gasteiger charge is 2.19. The van der Waals surface area contributed by atoms with Crippen LogP contribution in [-0.4, -0.2) is 44.3 Å². The zero-order valence-electron chi connectivity index (χ0n) is 15.6. The van der Waals surface area contributed by atoms with E-state index < -0.39 is 0 Å². The molecule has 1 aromatic carbocycles. The Labute approximate surface area is 156 Å². The predicted molar refractivity (Wildman–Crippen MR) is 103 cm³/mol. The number of aryl methyl sites for hydroxylation is 2. The molecule has 1 aliphatic rings. The van der Waals surface area contributed by atoms with Crippen LogP contribution >= 0.6 is 0 Å². The van der Waals surface area contributed by atoms with E-state index in [-0.39, 0.29) is 18.3 Å². The van der Waals surface area contributed by atoms with Crippen molar-refractivity contribution >= 4 is 16.9 Å². The van der Waals surface area contributed by atoms with E-state index in [1.165, 1.54) is 39.0 Å². The number of amides is 2. The number of aromatic amines is 2. The number of para-hydroxylation sites is 1. The molecule has 0 radical (unpaired) electrons. The van der Waals surface area contributed by atoms with Crippen molar-refractivity contribution in [1.82, 2.24) is 30.0 Å². The first-order valence-corrected chi connectivity index (χ1v) is 9.26. The number of nitrogens with zero attached hydrogens (tertiary/aromatic N) is 3. The zero-order chi connectivity index (χ0) is 19.0. The molecular formula is C19H24N6O2. The SMILES string of the molecule is Cc1c(CCNC(=O)N(C)Cc2n[nH]c(=O)[nH]2)c2cccc3c2n1CCC3. The van der Waals surface area contributed by atoms with E-state index in [1.54, 1.807) is 7.05 Å². The Kier molecular flexibility index (Phi) is 4.47. The second-order valence-corrected chi connectivity index (χ2v) is 7.09. The fourth-order valence-electron chi connectivity index (χ4n) is 4.01. The summed E-state index contributed by atoms with van der Waals surface area (Å²) in [7, 11) is 1.67. The van der Waals surface area contributed by atoms with Crippen molar-refractivity contribution < 1.29 is 4.79 Å². The number of benzene rings is 1. The molecule has 3 N–H and O–H groups in total. The molecule has 0 spiro atoms. The van der Waals surface area contributed by atoms with Gasteiger partial charge in [0.15, 0.2) is 5.82 Å². The molecular weight excluding hydrogens is 344 g/mol. The van der Waals surface area contributed by atoms with E-state index >= 15 is 0 Å². The van der Waals surface area contributed by atoms with Gasteiger partial charge in [0.05, 0.1) is 12.1 Å². The van der Waals surface area contributed by atoms with Gasteiger partial charge in [-0.1, -0.05) is 18.2 Å². The molecule has 0 atom stereocenters. The summed E-state index contributed by atoms with van der Waals surface area (Å²) in [5.41, 5.74) is 5.02. The average Bonchev–Trinajstić information content (AvgIpc) is 3.19. The third-order valence-corrected chi connectivity index (χ3v) is 5.32. The summed E-state index contributed by atoms with van der Waals surface area (Å²) in [6.07, 6.45) is 3.10. The second-order valence-electron chi connectivity index (χ2n) is 7.09. The lowest BCUT2D eigenvalue weighted by atomic mass is 10.0. The summed E-state index contributed by atoms with van der Waals surface area (Å²) in [6, 6.07) is 6.35. The summed E-state index contributed by atoms with van der Waals surface area (Å²) in [5, 5.41) is 10.4. The molecule has 3 aromatic rings. The summed E-state index contributed by atoms with van der Waals surface area (Å²) < 4.78 is 2.42. The number of carbonyl (C=O) groups excluding carboxylic acids is 1. The molecule has 0 saturated carbocycles. The molecule has 2 aromatic heterocycles. The quantitative estimate of drug-likeness (QED) is 0.639. The molecule has 8 nitrogen and oxygen atoms in total. The van der Waals surface area contributed by atoms with Crippen LogP contribution in [0.5, 0.6) is 0 Å². The van der Waals surface area contributed by atoms with E-state index in [0.717, 1.165) is 19.4 Å². The Hall–Kier alpha value is -3.03. The Bertz CT molecular complexity index is 1040. The first-order valence-electron chi connectivity index (χ1n) is 9.26. The summed E-state index contributed by atoms with van der Waals surface area (Å²) >= 11 is 0. The van der Waals surface area contributed by atoms with E-state index in [0.29, 0.717) is 12.4 Å². The first kappa shape index (κ1) is 17.4. The molecule has 27 heavy (non-hydrogen) atoms. The van der Waals surface area contributed by atoms with E-state index in [2.05, 4.69) is 50.2 Å². The summed E-state index contributed by atoms with van der Waals surface area (Å²) in [6.45, 7) is 4.04. The van der Waals surface area contributed by atoms with Crippen LogP contribution in [0.2, 0.25) is 0 Å². The molecule has 2 amide bonds. The number of carbonyl (C=O) groups is 1. The number of H-pyrrole nitrogens is 2. The zero-order valence-corrected chi connectivity index (χ0v) is 15.6. The lowest BCUT2D eigenvalue weighted by Crippen LogP contribution is -2.38. The number of hydrogen-bond donors (Lipinski definition) is 3. The van der Waals surface area contributed by atoms with Gasteiger partial charge in [0, 0.05) is 31.2 Å². The van der Waals surface area contributed by atoms with Crippen molar-refractivity contribution in [2.45, 2.75) is 39.3 Å². The van der Waals surface area contributed by atoms with Crippen LogP contribution in [0.1, 0.15) is 29.1 Å². The van der Waals surface area contributed by atoms with Crippen molar-refractivity contribution in [3.63, 3.8) is 0 Å². The fraction of sp³-hybridized carbons (Fsp3) is 0.421. The normalized spacial score (nSPS) is 13.1. The van der Waals surface area contributed by atoms with Gasteiger partial charge >= 0.3 is 11.7 Å². The van der Waals surface area contributed by atoms with Gasteiger partial charge in [-0.15, -0.1) is 0 Å². The van der Waals surface area contributed by atoms with Crippen molar-refractivity contribution in [3.05, 3.63) is 51.3 Å². The van der Waals surface area contributed by atoms with E-state index in [1.807, 2.05) is 0 Å². The minimum Gasteiger partial charge on any atom is -0.344 e. The van der Waals surface area contributed by atoms with Gasteiger partial charge in [-0.3, -0.25) is 4.98 Å². The topological polar surface area (TPSA) is 98.8 Å². The lowest BCUT2D eigenvalue weighted by Gasteiger charge is -2.17. The molecule has 4 rings (SSSR count). The Balaban J connectivity index is 1.42. The van der Waals surface area contributed by atoms with Crippen LogP contribution in [0.4, 0.5) is 4.79 Å². The van der Waals surface area contributed by atoms with Crippen molar-refractivity contribution in [1.29, 1.82) is 0 Å². The third kappa shape index (κ3) is 3.22. The Morgan fingerprint density at radius 1 is 1.41 bits per heavy atom. The lowest BCUT2D eigenvalue weighted by molar-refractivity contribution is 0.206. The van der Waals surface area contributed by atoms with Gasteiger partial charge in [-0.25, -0.2) is 14.7 Å². The van der Waals surface area contributed by atoms with Crippen molar-refractivity contribution in [2.75, 3.05) is 13.6 Å². The highest BCUT2D eigenvalue weighted by Crippen LogP contribution is 2.32. The van der Waals surface area contributed by atoms with Gasteiger partial charge in [0.2, 0.25) is 0 Å². The molecule has 0 aliphatic carbocycles. The molecule has 0 saturated heterocycles. The first-order chi connectivity index (χ1) is 13.0. The molecule has 0 bridgehead atoms. The van der Waals surface area contributed by atoms with E-state index in [4.69, 9.17) is 0 Å². The van der Waals surface area contributed by atoms with Crippen LogP contribution in [-0.2, 0) is 25.9 Å². The maximum atomic E-state index is 12.3. The maximum absolute atomic E-state index is 12.3. The molecule has 3 heterocycles. The molecule has 142 valence electrons. The number of aromatic nitrogens is 4. The maximum Gasteiger partial charge on any atom is 0.340 e. The van der Waals surface area contributed by atoms with Crippen LogP contribution in [0.25, 0.3) is 10.9 Å². The largest absolute Gasteiger partial charge is 0.344 e. The number of urea groups is 1. The summed E-state index contributed by atoms with van der Waals surface area (Å²) in [5.74, 6) is 0.433. The minimum absolute atomic E-state index is 0.190. The van der Waals surface area contributed by atoms with Crippen molar-refractivity contribution in [3.8, 4) is 0 Å². The van der Waals surface area contributed by atoms with Gasteiger partial charge in [0.1, 0.15) is 0 Å². The molecule has 1 aliphatic heterocycles. The van der Waals surface area contributed by atoms with Crippen LogP contribution in [0.3, 0.4) is 0 Å². The van der Waals surface area contributed by atoms with Gasteiger partial charge in [-0.2, -0.15) is 5.10 Å². The third-order valence-electron chi connectivity index (χ3n) is 5.32. The highest BCUT2D eigenvalue weighted by molar-refractivity contribution is 5.88. The number of rotatable bonds is 5. The van der Waals surface area contributed by atoms with Gasteiger partial charge in [0.25, 0.3) is 0 Å². The standard InChI is InChI=1S/C19H24N6O2/c1-12-14(15-7-3-5-13-6-4-10-25(12)17(13)15)8-9-20-19(27)24(2)11-16-21-18(26)23-22-16/h3,5,7H,4,6,8-11H2,1-2H3,(H,20,27)(H2,21,22,23,26). The molecule has 0 fully saturated rings. The van der Waals surface area contributed by atoms with Gasteiger partial charge in [-0.05, 0) is 37.3 Å². The highest BCUT2D eigenvalue weighted by atomic mass is 16.2. The monoisotopic (exact) mass is 368 g/mol. The fourth-order valence-corrected chi connectivity index (χ4v) is 4.01. The van der Waals surface area contributed by atoms with Gasteiger partial charge < -0.3 is 14.8 Å². The minimum atomic E-state index is -0.373. The average molecular weight is 368 g/mol. The second kappa shape index (κ2) is 6.94. The predicted octanol–water partition coefficient (Wildman–Crippen LogP) is 1.69. The molecule has 0 unspecified atom stereocenters. The Morgan fingerprint density at radius 2 is 2.26 bits per heavy atom. The smallest absolute Gasteiger partial charge is 0.340 e. The Morgan fingerprint density at radius 3 is 3.04 bits per heavy atom. The van der Waals surface area contributed by atoms with Crippen LogP contribution < -0.4 is 11.0 Å². The van der Waals surface area contributed by atoms with Crippen LogP contribution in [0.15, 0.2) is 23.0 Å². The number of nitrogens with one attached hydrogen (secondary N) is 3. The summed E-state index contributed by atoms with van der Waals surface area (Å²) in [4.78, 5) is 27.4. The number of hydrogen-bond acceptors (Lipinski definition) is 3. The van der Waals surface area contributed by atoms with Crippen molar-refractivity contribution in [2.24, 2.45) is 0 Å².